The Labute approximate surface area is 209 Å². The SMILES string of the molecule is CC[C@@H](NC(=O)c1ccc(CN(c2c(C)cccc2C)S(C)(=O)=O)cc1)c1ccc(OC)c(C)c1. The fourth-order valence-corrected chi connectivity index (χ4v) is 5.27. The molecule has 6 nitrogen and oxygen atoms in total. The number of rotatable bonds is 9. The van der Waals surface area contributed by atoms with Crippen LogP contribution < -0.4 is 14.4 Å². The number of amides is 1. The van der Waals surface area contributed by atoms with Crippen LogP contribution in [0, 0.1) is 20.8 Å². The molecule has 35 heavy (non-hydrogen) atoms. The van der Waals surface area contributed by atoms with Crippen LogP contribution in [0.25, 0.3) is 0 Å². The number of hydrogen-bond donors (Lipinski definition) is 1. The van der Waals surface area contributed by atoms with E-state index in [0.29, 0.717) is 11.3 Å². The summed E-state index contributed by atoms with van der Waals surface area (Å²) in [6.45, 7) is 8.01. The van der Waals surface area contributed by atoms with Crippen LogP contribution in [-0.2, 0) is 16.6 Å². The highest BCUT2D eigenvalue weighted by atomic mass is 32.2. The molecule has 0 aliphatic rings. The molecule has 3 aromatic rings. The molecule has 186 valence electrons. The van der Waals surface area contributed by atoms with Crippen LogP contribution in [0.3, 0.4) is 0 Å². The number of aryl methyl sites for hydroxylation is 3. The zero-order chi connectivity index (χ0) is 25.8. The Bertz CT molecular complexity index is 1280. The summed E-state index contributed by atoms with van der Waals surface area (Å²) in [5.41, 5.74) is 5.84. The summed E-state index contributed by atoms with van der Waals surface area (Å²) in [4.78, 5) is 13.0. The number of sulfonamides is 1. The molecule has 0 bridgehead atoms. The van der Waals surface area contributed by atoms with E-state index in [9.17, 15) is 13.2 Å². The fourth-order valence-electron chi connectivity index (χ4n) is 4.27. The van der Waals surface area contributed by atoms with Gasteiger partial charge in [-0.15, -0.1) is 0 Å². The molecule has 7 heteroatoms. The van der Waals surface area contributed by atoms with Gasteiger partial charge in [-0.05, 0) is 73.2 Å². The van der Waals surface area contributed by atoms with Crippen molar-refractivity contribution in [1.29, 1.82) is 0 Å². The van der Waals surface area contributed by atoms with Crippen molar-refractivity contribution >= 4 is 21.6 Å². The topological polar surface area (TPSA) is 75.7 Å². The van der Waals surface area contributed by atoms with Crippen molar-refractivity contribution in [3.8, 4) is 5.75 Å². The summed E-state index contributed by atoms with van der Waals surface area (Å²) in [7, 11) is -1.86. The van der Waals surface area contributed by atoms with Gasteiger partial charge in [0.15, 0.2) is 0 Å². The average Bonchev–Trinajstić information content (AvgIpc) is 2.81. The van der Waals surface area contributed by atoms with Crippen LogP contribution in [0.5, 0.6) is 5.75 Å². The van der Waals surface area contributed by atoms with E-state index in [4.69, 9.17) is 4.74 Å². The molecule has 0 aliphatic carbocycles. The summed E-state index contributed by atoms with van der Waals surface area (Å²) < 4.78 is 32.0. The smallest absolute Gasteiger partial charge is 0.251 e. The lowest BCUT2D eigenvalue weighted by Gasteiger charge is -2.26. The summed E-state index contributed by atoms with van der Waals surface area (Å²) >= 11 is 0. The maximum Gasteiger partial charge on any atom is 0.251 e. The van der Waals surface area contributed by atoms with Crippen LogP contribution in [0.4, 0.5) is 5.69 Å². The molecule has 0 radical (unpaired) electrons. The minimum atomic E-state index is -3.50. The van der Waals surface area contributed by atoms with Crippen molar-refractivity contribution in [2.24, 2.45) is 0 Å². The van der Waals surface area contributed by atoms with Gasteiger partial charge < -0.3 is 10.1 Å². The predicted octanol–water partition coefficient (Wildman–Crippen LogP) is 5.47. The Morgan fingerprint density at radius 3 is 2.11 bits per heavy atom. The lowest BCUT2D eigenvalue weighted by Crippen LogP contribution is -2.31. The normalized spacial score (nSPS) is 12.2. The van der Waals surface area contributed by atoms with Crippen LogP contribution >= 0.6 is 0 Å². The highest BCUT2D eigenvalue weighted by Crippen LogP contribution is 2.29. The van der Waals surface area contributed by atoms with Crippen molar-refractivity contribution in [3.63, 3.8) is 0 Å². The molecule has 0 aliphatic heterocycles. The van der Waals surface area contributed by atoms with E-state index >= 15 is 0 Å². The minimum absolute atomic E-state index is 0.128. The quantitative estimate of drug-likeness (QED) is 0.428. The number of anilines is 1. The number of carbonyl (C=O) groups excluding carboxylic acids is 1. The second-order valence-corrected chi connectivity index (χ2v) is 10.8. The van der Waals surface area contributed by atoms with Gasteiger partial charge in [0.2, 0.25) is 10.0 Å². The monoisotopic (exact) mass is 494 g/mol. The lowest BCUT2D eigenvalue weighted by molar-refractivity contribution is 0.0935. The largest absolute Gasteiger partial charge is 0.496 e. The van der Waals surface area contributed by atoms with E-state index in [-0.39, 0.29) is 18.5 Å². The second kappa shape index (κ2) is 11.0. The van der Waals surface area contributed by atoms with E-state index in [1.807, 2.05) is 64.1 Å². The highest BCUT2D eigenvalue weighted by molar-refractivity contribution is 7.92. The van der Waals surface area contributed by atoms with Crippen molar-refractivity contribution in [3.05, 3.63) is 94.0 Å². The van der Waals surface area contributed by atoms with Crippen molar-refractivity contribution in [2.45, 2.75) is 46.7 Å². The molecule has 1 atom stereocenters. The number of ether oxygens (including phenoxy) is 1. The summed E-state index contributed by atoms with van der Waals surface area (Å²) in [5, 5.41) is 3.10. The first-order valence-corrected chi connectivity index (χ1v) is 13.5. The molecule has 0 unspecified atom stereocenters. The van der Waals surface area contributed by atoms with Crippen LogP contribution in [0.15, 0.2) is 60.7 Å². The van der Waals surface area contributed by atoms with Gasteiger partial charge in [0.1, 0.15) is 5.75 Å². The Kier molecular flexibility index (Phi) is 8.22. The first-order valence-electron chi connectivity index (χ1n) is 11.6. The number of carbonyl (C=O) groups is 1. The lowest BCUT2D eigenvalue weighted by atomic mass is 10.0. The molecule has 0 saturated carbocycles. The molecule has 3 aromatic carbocycles. The summed E-state index contributed by atoms with van der Waals surface area (Å²) in [5.74, 6) is 0.640. The minimum Gasteiger partial charge on any atom is -0.496 e. The number of nitrogens with one attached hydrogen (secondary N) is 1. The Morgan fingerprint density at radius 1 is 0.971 bits per heavy atom. The third-order valence-corrected chi connectivity index (χ3v) is 7.28. The maximum atomic E-state index is 13.0. The zero-order valence-electron chi connectivity index (χ0n) is 21.3. The Balaban J connectivity index is 1.78. The number of hydrogen-bond acceptors (Lipinski definition) is 4. The summed E-state index contributed by atoms with van der Waals surface area (Å²) in [6, 6.07) is 18.6. The maximum absolute atomic E-state index is 13.0. The molecule has 3 rings (SSSR count). The first-order chi connectivity index (χ1) is 16.5. The Morgan fingerprint density at radius 2 is 1.60 bits per heavy atom. The van der Waals surface area contributed by atoms with Gasteiger partial charge in [-0.2, -0.15) is 0 Å². The Hall–Kier alpha value is -3.32. The summed E-state index contributed by atoms with van der Waals surface area (Å²) in [6.07, 6.45) is 1.96. The van der Waals surface area contributed by atoms with Gasteiger partial charge in [0, 0.05) is 5.56 Å². The molecule has 0 aromatic heterocycles. The van der Waals surface area contributed by atoms with E-state index < -0.39 is 10.0 Å². The molecule has 0 heterocycles. The predicted molar refractivity (Wildman–Crippen MR) is 142 cm³/mol. The molecule has 0 fully saturated rings. The third kappa shape index (κ3) is 6.22. The van der Waals surface area contributed by atoms with Gasteiger partial charge in [-0.1, -0.05) is 49.4 Å². The van der Waals surface area contributed by atoms with Gasteiger partial charge >= 0.3 is 0 Å². The third-order valence-electron chi connectivity index (χ3n) is 6.17. The van der Waals surface area contributed by atoms with E-state index in [1.54, 1.807) is 31.4 Å². The zero-order valence-corrected chi connectivity index (χ0v) is 22.1. The number of nitrogens with zero attached hydrogens (tertiary/aromatic N) is 1. The van der Waals surface area contributed by atoms with E-state index in [0.717, 1.165) is 40.0 Å². The highest BCUT2D eigenvalue weighted by Gasteiger charge is 2.22. The number of methoxy groups -OCH3 is 1. The number of para-hydroxylation sites is 1. The van der Waals surface area contributed by atoms with Crippen LogP contribution in [0.1, 0.15) is 57.6 Å². The second-order valence-electron chi connectivity index (χ2n) is 8.87. The average molecular weight is 495 g/mol. The molecular formula is C28H34N2O4S. The van der Waals surface area contributed by atoms with Crippen molar-refractivity contribution in [2.75, 3.05) is 17.7 Å². The fraction of sp³-hybridized carbons (Fsp3) is 0.321. The van der Waals surface area contributed by atoms with Crippen molar-refractivity contribution in [1.82, 2.24) is 5.32 Å². The van der Waals surface area contributed by atoms with Gasteiger partial charge in [0.05, 0.1) is 31.6 Å². The standard InChI is InChI=1S/C28H34N2O4S/c1-7-25(24-15-16-26(34-5)21(4)17-24)29-28(31)23-13-11-22(12-14-23)18-30(35(6,32)33)27-19(2)9-8-10-20(27)3/h8-17,25H,7,18H2,1-6H3,(H,29,31)/t25-/m1/s1. The molecule has 1 amide bonds. The molecule has 0 saturated heterocycles. The van der Waals surface area contributed by atoms with Gasteiger partial charge in [0.25, 0.3) is 5.91 Å². The van der Waals surface area contributed by atoms with Gasteiger partial charge in [-0.3, -0.25) is 9.10 Å². The van der Waals surface area contributed by atoms with E-state index in [2.05, 4.69) is 5.32 Å². The number of benzene rings is 3. The van der Waals surface area contributed by atoms with Crippen LogP contribution in [0.2, 0.25) is 0 Å². The first kappa shape index (κ1) is 26.3. The molecule has 0 spiro atoms. The molecular weight excluding hydrogens is 460 g/mol. The van der Waals surface area contributed by atoms with E-state index in [1.165, 1.54) is 10.6 Å². The van der Waals surface area contributed by atoms with Gasteiger partial charge in [-0.25, -0.2) is 8.42 Å². The van der Waals surface area contributed by atoms with Crippen LogP contribution in [-0.4, -0.2) is 27.7 Å². The molecule has 1 N–H and O–H groups in total. The van der Waals surface area contributed by atoms with Crippen molar-refractivity contribution < 1.29 is 17.9 Å².